The maximum Gasteiger partial charge on any atom is 0.410 e. The molecule has 1 amide bonds. The first-order valence-electron chi connectivity index (χ1n) is 18.5. The van der Waals surface area contributed by atoms with Crippen LogP contribution < -0.4 is 20.0 Å². The average molecular weight is 745 g/mol. The predicted molar refractivity (Wildman–Crippen MR) is 207 cm³/mol. The Hall–Kier alpha value is -3.73. The van der Waals surface area contributed by atoms with Crippen molar-refractivity contribution >= 4 is 53.0 Å². The van der Waals surface area contributed by atoms with Gasteiger partial charge in [-0.25, -0.2) is 14.2 Å². The third-order valence-corrected chi connectivity index (χ3v) is 16.3. The van der Waals surface area contributed by atoms with Crippen molar-refractivity contribution in [1.82, 2.24) is 14.9 Å². The van der Waals surface area contributed by atoms with Gasteiger partial charge < -0.3 is 18.8 Å². The number of amides is 1. The number of benzene rings is 2. The minimum Gasteiger partial charge on any atom is -0.472 e. The summed E-state index contributed by atoms with van der Waals surface area (Å²) < 4.78 is 35.8. The van der Waals surface area contributed by atoms with Crippen LogP contribution in [0, 0.1) is 12.7 Å². The lowest BCUT2D eigenvalue weighted by Gasteiger charge is -2.48. The molecule has 2 fully saturated rings. The quantitative estimate of drug-likeness (QED) is 0.108. The summed E-state index contributed by atoms with van der Waals surface area (Å²) in [7, 11) is -2.73. The van der Waals surface area contributed by atoms with Crippen molar-refractivity contribution in [3.05, 3.63) is 82.9 Å². The van der Waals surface area contributed by atoms with Crippen LogP contribution in [0.2, 0.25) is 10.2 Å². The first-order valence-corrected chi connectivity index (χ1v) is 20.8. The lowest BCUT2D eigenvalue weighted by molar-refractivity contribution is 0.000951. The molecular weight excluding hydrogens is 695 g/mol. The van der Waals surface area contributed by atoms with Gasteiger partial charge in [0.05, 0.1) is 23.5 Å². The van der Waals surface area contributed by atoms with Gasteiger partial charge in [-0.3, -0.25) is 4.90 Å². The minimum atomic E-state index is -2.73. The number of carbonyl (C=O) groups excluding carboxylic acids is 1. The Labute approximate surface area is 312 Å². The van der Waals surface area contributed by atoms with Gasteiger partial charge in [0.1, 0.15) is 17.5 Å². The van der Waals surface area contributed by atoms with Crippen LogP contribution in [0.5, 0.6) is 5.88 Å². The summed E-state index contributed by atoms with van der Waals surface area (Å²) in [5.41, 5.74) is 0.891. The Morgan fingerprint density at radius 3 is 2.21 bits per heavy atom. The SMILES string of the molecule is Cc1c(CCCO[Si](c2ccccc2)(c2ccccc2)C(C)(C)C)nc2c3c(nc(Cl)c(F)c13)O[C@@H](C)[C@@H]1[C@@H]3CC[C@H](CN21)N3C(=O)OC(C)(C)C. The van der Waals surface area contributed by atoms with Crippen molar-refractivity contribution in [2.45, 2.75) is 116 Å². The van der Waals surface area contributed by atoms with Crippen molar-refractivity contribution in [1.29, 1.82) is 0 Å². The Balaban J connectivity index is 1.24. The van der Waals surface area contributed by atoms with Gasteiger partial charge in [0.25, 0.3) is 8.32 Å². The number of ether oxygens (including phenoxy) is 2. The molecule has 0 aliphatic carbocycles. The molecule has 0 unspecified atom stereocenters. The lowest BCUT2D eigenvalue weighted by atomic mass is 9.97. The number of nitrogens with zero attached hydrogens (tertiary/aromatic N) is 4. The number of halogens is 2. The fourth-order valence-electron chi connectivity index (χ4n) is 8.87. The standard InChI is InChI=1S/C41H50ClFN4O4Si/c1-25-30(20-15-23-49-52(41(6,7)8,28-16-11-9-12-17-28)29-18-13-10-14-19-29)44-37-33-32(25)34(43)36(42)45-38(33)50-26(2)35-31-22-21-27(24-46(35)37)47(31)39(48)51-40(3,4)5/h9-14,16-19,26-27,31,35H,15,20-24H2,1-8H3/t26-,27+,31-,35+/m0/s1. The topological polar surface area (TPSA) is 77.0 Å². The summed E-state index contributed by atoms with van der Waals surface area (Å²) in [6, 6.07) is 20.7. The summed E-state index contributed by atoms with van der Waals surface area (Å²) in [5, 5.41) is 3.00. The highest BCUT2D eigenvalue weighted by Gasteiger charge is 2.54. The Morgan fingerprint density at radius 2 is 1.62 bits per heavy atom. The van der Waals surface area contributed by atoms with E-state index in [-0.39, 0.29) is 46.4 Å². The molecule has 52 heavy (non-hydrogen) atoms. The number of anilines is 1. The second-order valence-electron chi connectivity index (χ2n) is 16.5. The van der Waals surface area contributed by atoms with E-state index in [1.807, 2.05) is 51.7 Å². The molecule has 11 heteroatoms. The maximum absolute atomic E-state index is 16.2. The van der Waals surface area contributed by atoms with E-state index in [4.69, 9.17) is 30.5 Å². The Kier molecular flexibility index (Phi) is 9.57. The van der Waals surface area contributed by atoms with Crippen LogP contribution in [0.1, 0.15) is 79.0 Å². The van der Waals surface area contributed by atoms with Gasteiger partial charge in [-0.15, -0.1) is 0 Å². The van der Waals surface area contributed by atoms with Crippen molar-refractivity contribution in [3.8, 4) is 5.88 Å². The second-order valence-corrected chi connectivity index (χ2v) is 21.2. The van der Waals surface area contributed by atoms with Gasteiger partial charge in [0.15, 0.2) is 11.0 Å². The lowest BCUT2D eigenvalue weighted by Crippen LogP contribution is -2.66. The van der Waals surface area contributed by atoms with Gasteiger partial charge >= 0.3 is 6.09 Å². The summed E-state index contributed by atoms with van der Waals surface area (Å²) in [5.74, 6) is 0.336. The molecule has 3 aliphatic rings. The van der Waals surface area contributed by atoms with Gasteiger partial charge in [-0.1, -0.05) is 93.0 Å². The Bertz CT molecular complexity index is 1930. The molecular formula is C41H50ClFN4O4Si. The number of aromatic nitrogens is 2. The number of carbonyl (C=O) groups is 1. The zero-order valence-electron chi connectivity index (χ0n) is 31.5. The van der Waals surface area contributed by atoms with Crippen molar-refractivity contribution in [2.75, 3.05) is 18.1 Å². The van der Waals surface area contributed by atoms with Crippen LogP contribution in [0.4, 0.5) is 15.0 Å². The number of piperazine rings is 1. The van der Waals surface area contributed by atoms with E-state index in [0.717, 1.165) is 24.1 Å². The molecule has 2 bridgehead atoms. The van der Waals surface area contributed by atoms with E-state index < -0.39 is 19.7 Å². The molecule has 5 heterocycles. The van der Waals surface area contributed by atoms with Gasteiger partial charge in [0, 0.05) is 24.2 Å². The van der Waals surface area contributed by atoms with Crippen LogP contribution >= 0.6 is 11.6 Å². The van der Waals surface area contributed by atoms with Crippen LogP contribution in [-0.4, -0.2) is 72.3 Å². The van der Waals surface area contributed by atoms with E-state index in [9.17, 15) is 4.79 Å². The molecule has 276 valence electrons. The van der Waals surface area contributed by atoms with Gasteiger partial charge in [0.2, 0.25) is 5.88 Å². The van der Waals surface area contributed by atoms with Crippen molar-refractivity contribution in [2.24, 2.45) is 0 Å². The highest BCUT2D eigenvalue weighted by molar-refractivity contribution is 6.99. The molecule has 4 atom stereocenters. The van der Waals surface area contributed by atoms with Crippen LogP contribution in [-0.2, 0) is 15.6 Å². The third-order valence-electron chi connectivity index (χ3n) is 11.0. The molecule has 0 saturated carbocycles. The molecule has 4 aromatic rings. The summed E-state index contributed by atoms with van der Waals surface area (Å²) >= 11 is 6.47. The molecule has 3 aliphatic heterocycles. The highest BCUT2D eigenvalue weighted by Crippen LogP contribution is 2.47. The molecule has 7 rings (SSSR count). The van der Waals surface area contributed by atoms with Gasteiger partial charge in [-0.05, 0) is 81.3 Å². The monoisotopic (exact) mass is 744 g/mol. The first-order chi connectivity index (χ1) is 24.6. The third kappa shape index (κ3) is 6.24. The zero-order chi connectivity index (χ0) is 37.2. The smallest absolute Gasteiger partial charge is 0.410 e. The molecule has 2 aromatic heterocycles. The Morgan fingerprint density at radius 1 is 0.981 bits per heavy atom. The fraction of sp³-hybridized carbons (Fsp3) is 0.488. The molecule has 8 nitrogen and oxygen atoms in total. The fourth-order valence-corrected chi connectivity index (χ4v) is 13.6. The highest BCUT2D eigenvalue weighted by atomic mass is 35.5. The van der Waals surface area contributed by atoms with Crippen LogP contribution in [0.15, 0.2) is 60.7 Å². The van der Waals surface area contributed by atoms with Gasteiger partial charge in [-0.2, -0.15) is 4.98 Å². The summed E-state index contributed by atoms with van der Waals surface area (Å²) in [6.07, 6.45) is 2.20. The maximum atomic E-state index is 16.2. The zero-order valence-corrected chi connectivity index (χ0v) is 33.3. The minimum absolute atomic E-state index is 0.0728. The predicted octanol–water partition coefficient (Wildman–Crippen LogP) is 7.98. The number of rotatable bonds is 7. The van der Waals surface area contributed by atoms with E-state index in [1.165, 1.54) is 10.4 Å². The normalized spacial score (nSPS) is 21.5. The summed E-state index contributed by atoms with van der Waals surface area (Å²) in [6.45, 7) is 17.4. The van der Waals surface area contributed by atoms with E-state index >= 15 is 4.39 Å². The molecule has 0 N–H and O–H groups in total. The van der Waals surface area contributed by atoms with E-state index in [2.05, 4.69) is 79.2 Å². The largest absolute Gasteiger partial charge is 0.472 e. The number of hydrogen-bond donors (Lipinski definition) is 0. The summed E-state index contributed by atoms with van der Waals surface area (Å²) in [4.78, 5) is 27.4. The number of fused-ring (bicyclic) bond motifs is 5. The first kappa shape index (κ1) is 36.6. The van der Waals surface area contributed by atoms with Crippen molar-refractivity contribution < 1.29 is 23.1 Å². The second kappa shape index (κ2) is 13.6. The van der Waals surface area contributed by atoms with Crippen molar-refractivity contribution in [3.63, 3.8) is 0 Å². The number of hydrogen-bond acceptors (Lipinski definition) is 7. The molecule has 2 saturated heterocycles. The number of aryl methyl sites for hydroxylation is 2. The molecule has 0 spiro atoms. The van der Waals surface area contributed by atoms with E-state index in [0.29, 0.717) is 42.6 Å². The molecule has 0 radical (unpaired) electrons. The number of pyridine rings is 2. The average Bonchev–Trinajstić information content (AvgIpc) is 3.34. The van der Waals surface area contributed by atoms with Crippen LogP contribution in [0.3, 0.4) is 0 Å². The van der Waals surface area contributed by atoms with Crippen LogP contribution in [0.25, 0.3) is 10.8 Å². The molecule has 2 aromatic carbocycles. The van der Waals surface area contributed by atoms with E-state index in [1.54, 1.807) is 0 Å².